The van der Waals surface area contributed by atoms with E-state index in [1.807, 2.05) is 0 Å². The summed E-state index contributed by atoms with van der Waals surface area (Å²) in [6.45, 7) is 0. The van der Waals surface area contributed by atoms with Crippen LogP contribution in [-0.4, -0.2) is 0 Å². The van der Waals surface area contributed by atoms with E-state index in [2.05, 4.69) is 84.9 Å². The minimum atomic E-state index is 1.30. The summed E-state index contributed by atoms with van der Waals surface area (Å²) >= 11 is 0. The van der Waals surface area contributed by atoms with Crippen LogP contribution in [0.15, 0.2) is 84.9 Å². The van der Waals surface area contributed by atoms with Crippen LogP contribution in [0.1, 0.15) is 0 Å². The number of rotatable bonds is 0. The Morgan fingerprint density at radius 3 is 2.00 bits per heavy atom. The van der Waals surface area contributed by atoms with Crippen LogP contribution in [0.5, 0.6) is 0 Å². The minimum absolute atomic E-state index is 1.30. The lowest BCUT2D eigenvalue weighted by Crippen LogP contribution is -1.82. The van der Waals surface area contributed by atoms with Crippen LogP contribution in [0.2, 0.25) is 0 Å². The second-order valence-corrected chi connectivity index (χ2v) is 6.58. The monoisotopic (exact) mass is 302 g/mol. The molecule has 5 aromatic carbocycles. The third kappa shape index (κ3) is 1.39. The maximum absolute atomic E-state index is 2.40. The van der Waals surface area contributed by atoms with Gasteiger partial charge in [0.25, 0.3) is 0 Å². The summed E-state index contributed by atoms with van der Waals surface area (Å²) in [4.78, 5) is 0. The molecule has 110 valence electrons. The highest BCUT2D eigenvalue weighted by Crippen LogP contribution is 2.49. The van der Waals surface area contributed by atoms with Crippen LogP contribution in [0.3, 0.4) is 0 Å². The van der Waals surface area contributed by atoms with Gasteiger partial charge in [0.2, 0.25) is 0 Å². The second kappa shape index (κ2) is 4.24. The van der Waals surface area contributed by atoms with Gasteiger partial charge >= 0.3 is 0 Å². The molecule has 0 heteroatoms. The largest absolute Gasteiger partial charge is 0.0616 e. The average Bonchev–Trinajstić information content (AvgIpc) is 2.98. The van der Waals surface area contributed by atoms with Crippen LogP contribution in [-0.2, 0) is 0 Å². The Morgan fingerprint density at radius 1 is 0.375 bits per heavy atom. The van der Waals surface area contributed by atoms with Crippen LogP contribution in [0.25, 0.3) is 54.6 Å². The van der Waals surface area contributed by atoms with Crippen molar-refractivity contribution in [2.45, 2.75) is 0 Å². The Bertz CT molecular complexity index is 1290. The fraction of sp³-hybridized carbons (Fsp3) is 0. The van der Waals surface area contributed by atoms with Crippen LogP contribution >= 0.6 is 0 Å². The Kier molecular flexibility index (Phi) is 2.18. The normalized spacial score (nSPS) is 12.2. The van der Waals surface area contributed by atoms with Gasteiger partial charge in [-0.15, -0.1) is 0 Å². The molecule has 1 aliphatic rings. The summed E-state index contributed by atoms with van der Waals surface area (Å²) in [5, 5.41) is 8.11. The standard InChI is InChI=1S/C24H14/c1-2-7-16-15(6-1)12-13-19-21-11-5-10-20-17-8-3-4-9-18(17)23(24(20)21)14-22(16)19/h1-14H. The van der Waals surface area contributed by atoms with E-state index >= 15 is 0 Å². The highest BCUT2D eigenvalue weighted by Gasteiger charge is 2.22. The lowest BCUT2D eigenvalue weighted by molar-refractivity contribution is 1.70. The van der Waals surface area contributed by atoms with E-state index in [4.69, 9.17) is 0 Å². The Morgan fingerprint density at radius 2 is 1.08 bits per heavy atom. The molecule has 0 aromatic heterocycles. The van der Waals surface area contributed by atoms with Crippen LogP contribution in [0, 0.1) is 0 Å². The van der Waals surface area contributed by atoms with E-state index in [-0.39, 0.29) is 0 Å². The van der Waals surface area contributed by atoms with E-state index in [1.54, 1.807) is 0 Å². The zero-order valence-corrected chi connectivity index (χ0v) is 13.1. The average molecular weight is 302 g/mol. The first-order valence-corrected chi connectivity index (χ1v) is 8.39. The predicted octanol–water partition coefficient (Wildman–Crippen LogP) is 6.79. The molecule has 0 spiro atoms. The molecule has 0 aliphatic heterocycles. The second-order valence-electron chi connectivity index (χ2n) is 6.58. The lowest BCUT2D eigenvalue weighted by Gasteiger charge is -2.10. The Labute approximate surface area is 140 Å². The molecule has 0 saturated heterocycles. The highest BCUT2D eigenvalue weighted by molar-refractivity contribution is 6.26. The van der Waals surface area contributed by atoms with Crippen molar-refractivity contribution in [3.8, 4) is 22.3 Å². The quantitative estimate of drug-likeness (QED) is 0.271. The number of fused-ring (bicyclic) bond motifs is 7. The summed E-state index contributed by atoms with van der Waals surface area (Å²) in [6.07, 6.45) is 0. The zero-order chi connectivity index (χ0) is 15.7. The molecule has 24 heavy (non-hydrogen) atoms. The van der Waals surface area contributed by atoms with Gasteiger partial charge in [-0.05, 0) is 60.6 Å². The first-order chi connectivity index (χ1) is 11.9. The van der Waals surface area contributed by atoms with Crippen molar-refractivity contribution in [1.29, 1.82) is 0 Å². The Balaban J connectivity index is 1.93. The number of hydrogen-bond donors (Lipinski definition) is 0. The van der Waals surface area contributed by atoms with E-state index in [9.17, 15) is 0 Å². The lowest BCUT2D eigenvalue weighted by atomic mass is 9.93. The van der Waals surface area contributed by atoms with Crippen LogP contribution in [0.4, 0.5) is 0 Å². The molecule has 0 fully saturated rings. The smallest absolute Gasteiger partial charge is 0.00199 e. The molecule has 0 amide bonds. The molecule has 0 heterocycles. The molecule has 0 nitrogen and oxygen atoms in total. The topological polar surface area (TPSA) is 0 Å². The van der Waals surface area contributed by atoms with Crippen molar-refractivity contribution < 1.29 is 0 Å². The third-order valence-electron chi connectivity index (χ3n) is 5.39. The van der Waals surface area contributed by atoms with Gasteiger partial charge in [0, 0.05) is 0 Å². The number of hydrogen-bond acceptors (Lipinski definition) is 0. The minimum Gasteiger partial charge on any atom is -0.0616 e. The fourth-order valence-corrected chi connectivity index (χ4v) is 4.36. The van der Waals surface area contributed by atoms with Gasteiger partial charge < -0.3 is 0 Å². The Hall–Kier alpha value is -3.12. The van der Waals surface area contributed by atoms with Gasteiger partial charge in [0.05, 0.1) is 0 Å². The SMILES string of the molecule is c1ccc2c(c1)-c1cccc3c1c-2cc1c2ccccc2ccc31. The van der Waals surface area contributed by atoms with Gasteiger partial charge in [-0.2, -0.15) is 0 Å². The van der Waals surface area contributed by atoms with E-state index < -0.39 is 0 Å². The van der Waals surface area contributed by atoms with E-state index in [0.717, 1.165) is 0 Å². The molecule has 0 N–H and O–H groups in total. The van der Waals surface area contributed by atoms with Crippen LogP contribution < -0.4 is 0 Å². The summed E-state index contributed by atoms with van der Waals surface area (Å²) in [5.74, 6) is 0. The summed E-state index contributed by atoms with van der Waals surface area (Å²) in [7, 11) is 0. The van der Waals surface area contributed by atoms with Gasteiger partial charge in [0.1, 0.15) is 0 Å². The molecule has 1 aliphatic carbocycles. The summed E-state index contributed by atoms with van der Waals surface area (Å²) in [5.41, 5.74) is 5.46. The molecule has 5 aromatic rings. The summed E-state index contributed by atoms with van der Waals surface area (Å²) in [6, 6.07) is 31.1. The summed E-state index contributed by atoms with van der Waals surface area (Å²) < 4.78 is 0. The van der Waals surface area contributed by atoms with Gasteiger partial charge in [-0.3, -0.25) is 0 Å². The number of benzene rings is 5. The molecule has 0 radical (unpaired) electrons. The molecular weight excluding hydrogens is 288 g/mol. The first-order valence-electron chi connectivity index (χ1n) is 8.39. The van der Waals surface area contributed by atoms with Gasteiger partial charge in [-0.25, -0.2) is 0 Å². The van der Waals surface area contributed by atoms with Gasteiger partial charge in [-0.1, -0.05) is 78.9 Å². The molecule has 6 rings (SSSR count). The van der Waals surface area contributed by atoms with E-state index in [1.165, 1.54) is 54.6 Å². The fourth-order valence-electron chi connectivity index (χ4n) is 4.36. The maximum Gasteiger partial charge on any atom is -0.00199 e. The molecule has 0 saturated carbocycles. The zero-order valence-electron chi connectivity index (χ0n) is 13.1. The van der Waals surface area contributed by atoms with E-state index in [0.29, 0.717) is 0 Å². The highest BCUT2D eigenvalue weighted by atomic mass is 14.2. The first kappa shape index (κ1) is 12.3. The maximum atomic E-state index is 2.40. The predicted molar refractivity (Wildman–Crippen MR) is 103 cm³/mol. The van der Waals surface area contributed by atoms with Crippen molar-refractivity contribution >= 4 is 32.3 Å². The molecule has 0 atom stereocenters. The third-order valence-corrected chi connectivity index (χ3v) is 5.39. The van der Waals surface area contributed by atoms with Crippen molar-refractivity contribution in [3.63, 3.8) is 0 Å². The van der Waals surface area contributed by atoms with Crippen molar-refractivity contribution in [2.24, 2.45) is 0 Å². The van der Waals surface area contributed by atoms with Crippen molar-refractivity contribution in [1.82, 2.24) is 0 Å². The molecule has 0 bridgehead atoms. The molecular formula is C24H14. The van der Waals surface area contributed by atoms with Crippen molar-refractivity contribution in [2.75, 3.05) is 0 Å². The van der Waals surface area contributed by atoms with Gasteiger partial charge in [0.15, 0.2) is 0 Å². The molecule has 0 unspecified atom stereocenters. The van der Waals surface area contributed by atoms with Crippen molar-refractivity contribution in [3.05, 3.63) is 84.9 Å².